The lowest BCUT2D eigenvalue weighted by Gasteiger charge is -2.22. The van der Waals surface area contributed by atoms with Crippen LogP contribution in [0.5, 0.6) is 0 Å². The van der Waals surface area contributed by atoms with Gasteiger partial charge in [0.2, 0.25) is 0 Å². The van der Waals surface area contributed by atoms with Gasteiger partial charge >= 0.3 is 12.1 Å². The summed E-state index contributed by atoms with van der Waals surface area (Å²) in [5.41, 5.74) is 0.136. The zero-order chi connectivity index (χ0) is 15.3. The van der Waals surface area contributed by atoms with E-state index in [0.29, 0.717) is 0 Å². The molecule has 0 aliphatic carbocycles. The summed E-state index contributed by atoms with van der Waals surface area (Å²) in [5, 5.41) is 11.6. The average molecular weight is 344 g/mol. The number of hydrogen-bond donors (Lipinski definition) is 2. The highest BCUT2D eigenvalue weighted by Crippen LogP contribution is 2.18. The van der Waals surface area contributed by atoms with Gasteiger partial charge in [-0.15, -0.1) is 0 Å². The molecule has 0 spiro atoms. The van der Waals surface area contributed by atoms with Gasteiger partial charge in [0.25, 0.3) is 0 Å². The lowest BCUT2D eigenvalue weighted by molar-refractivity contribution is -0.139. The van der Waals surface area contributed by atoms with Crippen LogP contribution in [0.2, 0.25) is 0 Å². The maximum Gasteiger partial charge on any atom is 0.408 e. The van der Waals surface area contributed by atoms with Crippen LogP contribution in [0.1, 0.15) is 26.3 Å². The summed E-state index contributed by atoms with van der Waals surface area (Å²) in [6.07, 6.45) is -0.562. The van der Waals surface area contributed by atoms with Gasteiger partial charge < -0.3 is 15.2 Å². The monoisotopic (exact) mass is 343 g/mol. The van der Waals surface area contributed by atoms with Gasteiger partial charge in [-0.1, -0.05) is 34.1 Å². The first-order valence-electron chi connectivity index (χ1n) is 6.15. The SMILES string of the molecule is CC(C)(C)OC(=O)N[C@@H](Cc1ccccc1Br)C(=O)O. The second kappa shape index (κ2) is 6.74. The van der Waals surface area contributed by atoms with Crippen LogP contribution in [0.15, 0.2) is 28.7 Å². The molecule has 1 aromatic rings. The number of aliphatic carboxylic acids is 1. The number of hydrogen-bond acceptors (Lipinski definition) is 3. The Balaban J connectivity index is 2.74. The Labute approximate surface area is 126 Å². The number of halogens is 1. The lowest BCUT2D eigenvalue weighted by atomic mass is 10.1. The molecule has 0 bridgehead atoms. The molecule has 20 heavy (non-hydrogen) atoms. The topological polar surface area (TPSA) is 75.6 Å². The van der Waals surface area contributed by atoms with Crippen molar-refractivity contribution in [1.29, 1.82) is 0 Å². The van der Waals surface area contributed by atoms with E-state index in [1.165, 1.54) is 0 Å². The summed E-state index contributed by atoms with van der Waals surface area (Å²) >= 11 is 3.35. The lowest BCUT2D eigenvalue weighted by Crippen LogP contribution is -2.44. The van der Waals surface area contributed by atoms with E-state index in [1.807, 2.05) is 18.2 Å². The number of nitrogens with one attached hydrogen (secondary N) is 1. The molecule has 1 rings (SSSR count). The molecule has 0 aliphatic rings. The van der Waals surface area contributed by atoms with Gasteiger partial charge in [-0.3, -0.25) is 0 Å². The molecule has 110 valence electrons. The molecular weight excluding hydrogens is 326 g/mol. The summed E-state index contributed by atoms with van der Waals surface area (Å²) in [6.45, 7) is 5.16. The van der Waals surface area contributed by atoms with Crippen LogP contribution in [0.25, 0.3) is 0 Å². The first kappa shape index (κ1) is 16.5. The van der Waals surface area contributed by atoms with Gasteiger partial charge in [0, 0.05) is 10.9 Å². The molecule has 0 aliphatic heterocycles. The molecular formula is C14H18BrNO4. The van der Waals surface area contributed by atoms with E-state index in [-0.39, 0.29) is 6.42 Å². The van der Waals surface area contributed by atoms with Gasteiger partial charge in [0.15, 0.2) is 0 Å². The smallest absolute Gasteiger partial charge is 0.408 e. The summed E-state index contributed by atoms with van der Waals surface area (Å²) in [5.74, 6) is -1.10. The van der Waals surface area contributed by atoms with E-state index >= 15 is 0 Å². The molecule has 0 heterocycles. The van der Waals surface area contributed by atoms with E-state index in [4.69, 9.17) is 4.74 Å². The second-order valence-electron chi connectivity index (χ2n) is 5.33. The van der Waals surface area contributed by atoms with Crippen molar-refractivity contribution in [3.63, 3.8) is 0 Å². The minimum Gasteiger partial charge on any atom is -0.480 e. The second-order valence-corrected chi connectivity index (χ2v) is 6.19. The van der Waals surface area contributed by atoms with Crippen molar-refractivity contribution in [3.05, 3.63) is 34.3 Å². The quantitative estimate of drug-likeness (QED) is 0.881. The highest BCUT2D eigenvalue weighted by molar-refractivity contribution is 9.10. The van der Waals surface area contributed by atoms with E-state index in [2.05, 4.69) is 21.2 Å². The van der Waals surface area contributed by atoms with Crippen LogP contribution in [0.3, 0.4) is 0 Å². The molecule has 1 amide bonds. The van der Waals surface area contributed by atoms with Crippen molar-refractivity contribution in [2.75, 3.05) is 0 Å². The molecule has 0 saturated heterocycles. The normalized spacial score (nSPS) is 12.6. The van der Waals surface area contributed by atoms with Crippen LogP contribution >= 0.6 is 15.9 Å². The number of rotatable bonds is 4. The largest absolute Gasteiger partial charge is 0.480 e. The zero-order valence-corrected chi connectivity index (χ0v) is 13.2. The average Bonchev–Trinajstić information content (AvgIpc) is 2.28. The van der Waals surface area contributed by atoms with Gasteiger partial charge in [-0.05, 0) is 32.4 Å². The number of alkyl carbamates (subject to hydrolysis) is 1. The Morgan fingerprint density at radius 1 is 1.35 bits per heavy atom. The van der Waals surface area contributed by atoms with E-state index < -0.39 is 23.7 Å². The van der Waals surface area contributed by atoms with Crippen molar-refractivity contribution in [1.82, 2.24) is 5.32 Å². The molecule has 0 fully saturated rings. The van der Waals surface area contributed by atoms with Gasteiger partial charge in [0.05, 0.1) is 0 Å². The Bertz CT molecular complexity index is 496. The molecule has 2 N–H and O–H groups in total. The van der Waals surface area contributed by atoms with Crippen LogP contribution in [-0.4, -0.2) is 28.8 Å². The first-order chi connectivity index (χ1) is 9.19. The number of carboxylic acids is 1. The van der Waals surface area contributed by atoms with E-state index in [1.54, 1.807) is 26.8 Å². The van der Waals surface area contributed by atoms with E-state index in [0.717, 1.165) is 10.0 Å². The maximum absolute atomic E-state index is 11.6. The molecule has 0 aromatic heterocycles. The standard InChI is InChI=1S/C14H18BrNO4/c1-14(2,3)20-13(19)16-11(12(17)18)8-9-6-4-5-7-10(9)15/h4-7,11H,8H2,1-3H3,(H,16,19)(H,17,18)/t11-/m0/s1. The predicted molar refractivity (Wildman–Crippen MR) is 78.6 cm³/mol. The summed E-state index contributed by atoms with van der Waals surface area (Å²) in [7, 11) is 0. The van der Waals surface area contributed by atoms with Crippen molar-refractivity contribution < 1.29 is 19.4 Å². The Morgan fingerprint density at radius 2 is 1.95 bits per heavy atom. The molecule has 5 nitrogen and oxygen atoms in total. The number of carboxylic acid groups (broad SMARTS) is 1. The number of amides is 1. The van der Waals surface area contributed by atoms with Crippen molar-refractivity contribution in [2.24, 2.45) is 0 Å². The third-order valence-electron chi connectivity index (χ3n) is 2.37. The number of carbonyl (C=O) groups is 2. The molecule has 0 saturated carbocycles. The van der Waals surface area contributed by atoms with Crippen molar-refractivity contribution >= 4 is 28.0 Å². The Morgan fingerprint density at radius 3 is 2.45 bits per heavy atom. The Kier molecular flexibility index (Phi) is 5.56. The minimum absolute atomic E-state index is 0.177. The molecule has 6 heteroatoms. The zero-order valence-electron chi connectivity index (χ0n) is 11.6. The fourth-order valence-corrected chi connectivity index (χ4v) is 1.98. The van der Waals surface area contributed by atoms with Gasteiger partial charge in [-0.2, -0.15) is 0 Å². The molecule has 1 atom stereocenters. The molecule has 0 unspecified atom stereocenters. The summed E-state index contributed by atoms with van der Waals surface area (Å²) in [6, 6.07) is 6.24. The van der Waals surface area contributed by atoms with Crippen LogP contribution in [0, 0.1) is 0 Å². The van der Waals surface area contributed by atoms with Crippen LogP contribution < -0.4 is 5.32 Å². The highest BCUT2D eigenvalue weighted by Gasteiger charge is 2.24. The van der Waals surface area contributed by atoms with Crippen LogP contribution in [0.4, 0.5) is 4.79 Å². The fraction of sp³-hybridized carbons (Fsp3) is 0.429. The first-order valence-corrected chi connectivity index (χ1v) is 6.94. The molecule has 1 aromatic carbocycles. The number of ether oxygens (including phenoxy) is 1. The molecule has 0 radical (unpaired) electrons. The number of benzene rings is 1. The summed E-state index contributed by atoms with van der Waals surface area (Å²) in [4.78, 5) is 22.9. The third kappa shape index (κ3) is 5.61. The minimum atomic E-state index is -1.10. The highest BCUT2D eigenvalue weighted by atomic mass is 79.9. The predicted octanol–water partition coefficient (Wildman–Crippen LogP) is 2.97. The van der Waals surface area contributed by atoms with Gasteiger partial charge in [-0.25, -0.2) is 9.59 Å². The summed E-state index contributed by atoms with van der Waals surface area (Å²) < 4.78 is 5.86. The van der Waals surface area contributed by atoms with E-state index in [9.17, 15) is 14.7 Å². The number of carbonyl (C=O) groups excluding carboxylic acids is 1. The third-order valence-corrected chi connectivity index (χ3v) is 3.14. The fourth-order valence-electron chi connectivity index (χ4n) is 1.53. The van der Waals surface area contributed by atoms with Crippen LogP contribution in [-0.2, 0) is 16.0 Å². The maximum atomic E-state index is 11.6. The van der Waals surface area contributed by atoms with Crippen molar-refractivity contribution in [3.8, 4) is 0 Å². The van der Waals surface area contributed by atoms with Gasteiger partial charge in [0.1, 0.15) is 11.6 Å². The Hall–Kier alpha value is -1.56. The van der Waals surface area contributed by atoms with Crippen molar-refractivity contribution in [2.45, 2.75) is 38.8 Å².